The van der Waals surface area contributed by atoms with Gasteiger partial charge in [-0.05, 0) is 24.1 Å². The van der Waals surface area contributed by atoms with Crippen LogP contribution in [0.5, 0.6) is 0 Å². The van der Waals surface area contributed by atoms with Gasteiger partial charge >= 0.3 is 0 Å². The number of benzene rings is 1. The third-order valence-electron chi connectivity index (χ3n) is 2.59. The number of aryl methyl sites for hydroxylation is 1. The van der Waals surface area contributed by atoms with Crippen molar-refractivity contribution in [2.45, 2.75) is 13.0 Å². The van der Waals surface area contributed by atoms with Crippen LogP contribution in [0, 0.1) is 6.92 Å². The SMILES string of the molecule is Cc1nc(Cl)ccc1C(N)c1ccccc1. The summed E-state index contributed by atoms with van der Waals surface area (Å²) in [6, 6.07) is 13.5. The molecule has 0 amide bonds. The molecule has 0 spiro atoms. The van der Waals surface area contributed by atoms with E-state index >= 15 is 0 Å². The van der Waals surface area contributed by atoms with Crippen LogP contribution in [0.15, 0.2) is 42.5 Å². The van der Waals surface area contributed by atoms with E-state index in [2.05, 4.69) is 4.98 Å². The van der Waals surface area contributed by atoms with Crippen molar-refractivity contribution in [2.24, 2.45) is 5.73 Å². The molecule has 0 aliphatic heterocycles. The molecule has 0 saturated heterocycles. The Kier molecular flexibility index (Phi) is 3.22. The van der Waals surface area contributed by atoms with Gasteiger partial charge in [0.1, 0.15) is 5.15 Å². The number of nitrogens with zero attached hydrogens (tertiary/aromatic N) is 1. The van der Waals surface area contributed by atoms with Gasteiger partial charge in [-0.25, -0.2) is 4.98 Å². The summed E-state index contributed by atoms with van der Waals surface area (Å²) in [6.07, 6.45) is 0. The summed E-state index contributed by atoms with van der Waals surface area (Å²) in [7, 11) is 0. The number of halogens is 1. The second kappa shape index (κ2) is 4.64. The molecule has 2 nitrogen and oxygen atoms in total. The number of pyridine rings is 1. The Hall–Kier alpha value is -1.38. The summed E-state index contributed by atoms with van der Waals surface area (Å²) in [5.74, 6) is 0. The normalized spacial score (nSPS) is 12.4. The Bertz CT molecular complexity index is 483. The van der Waals surface area contributed by atoms with Gasteiger partial charge in [-0.15, -0.1) is 0 Å². The summed E-state index contributed by atoms with van der Waals surface area (Å²) >= 11 is 5.82. The lowest BCUT2D eigenvalue weighted by Crippen LogP contribution is -2.13. The van der Waals surface area contributed by atoms with E-state index in [1.165, 1.54) is 0 Å². The molecule has 0 fully saturated rings. The first kappa shape index (κ1) is 11.1. The maximum absolute atomic E-state index is 6.18. The molecule has 0 radical (unpaired) electrons. The third-order valence-corrected chi connectivity index (χ3v) is 2.80. The molecule has 82 valence electrons. The summed E-state index contributed by atoms with van der Waals surface area (Å²) < 4.78 is 0. The van der Waals surface area contributed by atoms with E-state index in [0.717, 1.165) is 16.8 Å². The van der Waals surface area contributed by atoms with Gasteiger partial charge in [0.25, 0.3) is 0 Å². The van der Waals surface area contributed by atoms with E-state index in [0.29, 0.717) is 5.15 Å². The van der Waals surface area contributed by atoms with E-state index < -0.39 is 0 Å². The summed E-state index contributed by atoms with van der Waals surface area (Å²) in [4.78, 5) is 4.21. The molecule has 1 heterocycles. The highest BCUT2D eigenvalue weighted by atomic mass is 35.5. The average molecular weight is 233 g/mol. The second-order valence-electron chi connectivity index (χ2n) is 3.70. The molecule has 0 aliphatic rings. The van der Waals surface area contributed by atoms with Gasteiger partial charge in [0.2, 0.25) is 0 Å². The van der Waals surface area contributed by atoms with Crippen LogP contribution in [0.3, 0.4) is 0 Å². The third kappa shape index (κ3) is 2.23. The van der Waals surface area contributed by atoms with E-state index in [1.807, 2.05) is 43.3 Å². The molecule has 0 bridgehead atoms. The summed E-state index contributed by atoms with van der Waals surface area (Å²) in [5.41, 5.74) is 9.15. The Morgan fingerprint density at radius 2 is 1.81 bits per heavy atom. The van der Waals surface area contributed by atoms with Crippen molar-refractivity contribution >= 4 is 11.6 Å². The minimum Gasteiger partial charge on any atom is -0.320 e. The van der Waals surface area contributed by atoms with Crippen LogP contribution in [0.2, 0.25) is 5.15 Å². The van der Waals surface area contributed by atoms with Crippen LogP contribution < -0.4 is 5.73 Å². The lowest BCUT2D eigenvalue weighted by atomic mass is 9.99. The molecule has 1 unspecified atom stereocenters. The molecular weight excluding hydrogens is 220 g/mol. The van der Waals surface area contributed by atoms with Crippen molar-refractivity contribution in [1.29, 1.82) is 0 Å². The molecule has 0 saturated carbocycles. The number of hydrogen-bond acceptors (Lipinski definition) is 2. The van der Waals surface area contributed by atoms with Gasteiger partial charge in [-0.1, -0.05) is 48.0 Å². The molecule has 0 aliphatic carbocycles. The maximum Gasteiger partial charge on any atom is 0.129 e. The van der Waals surface area contributed by atoms with Crippen LogP contribution >= 0.6 is 11.6 Å². The Balaban J connectivity index is 2.38. The van der Waals surface area contributed by atoms with E-state index in [4.69, 9.17) is 17.3 Å². The van der Waals surface area contributed by atoms with E-state index in [1.54, 1.807) is 6.07 Å². The van der Waals surface area contributed by atoms with Crippen LogP contribution in [0.4, 0.5) is 0 Å². The van der Waals surface area contributed by atoms with Gasteiger partial charge in [-0.3, -0.25) is 0 Å². The highest BCUT2D eigenvalue weighted by molar-refractivity contribution is 6.29. The molecule has 2 N–H and O–H groups in total. The van der Waals surface area contributed by atoms with Crippen molar-refractivity contribution < 1.29 is 0 Å². The fourth-order valence-electron chi connectivity index (χ4n) is 1.71. The molecule has 1 aromatic heterocycles. The minimum atomic E-state index is -0.147. The highest BCUT2D eigenvalue weighted by Crippen LogP contribution is 2.22. The zero-order chi connectivity index (χ0) is 11.5. The van der Waals surface area contributed by atoms with E-state index in [9.17, 15) is 0 Å². The second-order valence-corrected chi connectivity index (χ2v) is 4.08. The Morgan fingerprint density at radius 3 is 2.44 bits per heavy atom. The first-order chi connectivity index (χ1) is 7.68. The Labute approximate surface area is 100 Å². The molecule has 1 aromatic carbocycles. The van der Waals surface area contributed by atoms with Gasteiger partial charge in [0.05, 0.1) is 6.04 Å². The predicted octanol–water partition coefficient (Wildman–Crippen LogP) is 3.09. The maximum atomic E-state index is 6.18. The molecule has 2 rings (SSSR count). The topological polar surface area (TPSA) is 38.9 Å². The van der Waals surface area contributed by atoms with Crippen molar-refractivity contribution in [2.75, 3.05) is 0 Å². The fourth-order valence-corrected chi connectivity index (χ4v) is 1.90. The quantitative estimate of drug-likeness (QED) is 0.809. The number of nitrogens with two attached hydrogens (primary N) is 1. The lowest BCUT2D eigenvalue weighted by Gasteiger charge is -2.14. The molecular formula is C13H13ClN2. The summed E-state index contributed by atoms with van der Waals surface area (Å²) in [6.45, 7) is 1.92. The highest BCUT2D eigenvalue weighted by Gasteiger charge is 2.11. The van der Waals surface area contributed by atoms with Gasteiger partial charge < -0.3 is 5.73 Å². The van der Waals surface area contributed by atoms with Crippen molar-refractivity contribution in [3.05, 3.63) is 64.4 Å². The van der Waals surface area contributed by atoms with Gasteiger partial charge in [0.15, 0.2) is 0 Å². The molecule has 1 atom stereocenters. The van der Waals surface area contributed by atoms with Crippen LogP contribution in [-0.2, 0) is 0 Å². The van der Waals surface area contributed by atoms with Crippen LogP contribution in [0.1, 0.15) is 22.9 Å². The predicted molar refractivity (Wildman–Crippen MR) is 66.5 cm³/mol. The minimum absolute atomic E-state index is 0.147. The van der Waals surface area contributed by atoms with Crippen molar-refractivity contribution in [3.63, 3.8) is 0 Å². The number of hydrogen-bond donors (Lipinski definition) is 1. The Morgan fingerprint density at radius 1 is 1.12 bits per heavy atom. The number of rotatable bonds is 2. The zero-order valence-electron chi connectivity index (χ0n) is 9.02. The zero-order valence-corrected chi connectivity index (χ0v) is 9.78. The largest absolute Gasteiger partial charge is 0.320 e. The van der Waals surface area contributed by atoms with Gasteiger partial charge in [0, 0.05) is 5.69 Å². The average Bonchev–Trinajstić information content (AvgIpc) is 2.29. The first-order valence-electron chi connectivity index (χ1n) is 5.12. The van der Waals surface area contributed by atoms with Crippen molar-refractivity contribution in [1.82, 2.24) is 4.98 Å². The first-order valence-corrected chi connectivity index (χ1v) is 5.50. The smallest absolute Gasteiger partial charge is 0.129 e. The number of aromatic nitrogens is 1. The molecule has 16 heavy (non-hydrogen) atoms. The van der Waals surface area contributed by atoms with Gasteiger partial charge in [-0.2, -0.15) is 0 Å². The standard InChI is InChI=1S/C13H13ClN2/c1-9-11(7-8-12(14)16-9)13(15)10-5-3-2-4-6-10/h2-8,13H,15H2,1H3. The molecule has 2 aromatic rings. The fraction of sp³-hybridized carbons (Fsp3) is 0.154. The lowest BCUT2D eigenvalue weighted by molar-refractivity contribution is 0.848. The van der Waals surface area contributed by atoms with Crippen LogP contribution in [-0.4, -0.2) is 4.98 Å². The molecule has 3 heteroatoms. The van der Waals surface area contributed by atoms with E-state index in [-0.39, 0.29) is 6.04 Å². The van der Waals surface area contributed by atoms with Crippen LogP contribution in [0.25, 0.3) is 0 Å². The monoisotopic (exact) mass is 232 g/mol. The van der Waals surface area contributed by atoms with Crippen molar-refractivity contribution in [3.8, 4) is 0 Å². The summed E-state index contributed by atoms with van der Waals surface area (Å²) in [5, 5.41) is 0.501.